The zero-order chi connectivity index (χ0) is 13.0. The third-order valence-electron chi connectivity index (χ3n) is 2.91. The number of hydrogen-bond donors (Lipinski definition) is 1. The normalized spacial score (nSPS) is 10.6. The second-order valence-corrected chi connectivity index (χ2v) is 5.67. The molecule has 2 aromatic rings. The molecular weight excluding hydrogens is 238 g/mol. The first kappa shape index (κ1) is 13.2. The zero-order valence-corrected chi connectivity index (χ0v) is 11.8. The summed E-state index contributed by atoms with van der Waals surface area (Å²) < 4.78 is 0. The van der Waals surface area contributed by atoms with Crippen LogP contribution in [0.5, 0.6) is 0 Å². The Bertz CT molecular complexity index is 517. The second kappa shape index (κ2) is 6.07. The Labute approximate surface area is 113 Å². The minimum atomic E-state index is 0.712. The van der Waals surface area contributed by atoms with Gasteiger partial charge in [-0.25, -0.2) is 0 Å². The van der Waals surface area contributed by atoms with Crippen molar-refractivity contribution in [1.29, 1.82) is 0 Å². The summed E-state index contributed by atoms with van der Waals surface area (Å²) >= 11 is 1.82. The Morgan fingerprint density at radius 1 is 1.00 bits per heavy atom. The molecule has 0 aliphatic heterocycles. The summed E-state index contributed by atoms with van der Waals surface area (Å²) in [6.45, 7) is 5.00. The summed E-state index contributed by atoms with van der Waals surface area (Å²) in [6.07, 6.45) is 0.953. The van der Waals surface area contributed by atoms with E-state index in [0.717, 1.165) is 6.42 Å². The molecule has 2 N–H and O–H groups in total. The van der Waals surface area contributed by atoms with Crippen molar-refractivity contribution >= 4 is 11.8 Å². The fourth-order valence-electron chi connectivity index (χ4n) is 1.93. The van der Waals surface area contributed by atoms with Crippen LogP contribution in [0.2, 0.25) is 0 Å². The highest BCUT2D eigenvalue weighted by Gasteiger charge is 2.01. The lowest BCUT2D eigenvalue weighted by atomic mass is 10.1. The van der Waals surface area contributed by atoms with E-state index in [2.05, 4.69) is 56.3 Å². The van der Waals surface area contributed by atoms with Crippen molar-refractivity contribution in [2.45, 2.75) is 30.1 Å². The molecule has 0 saturated heterocycles. The summed E-state index contributed by atoms with van der Waals surface area (Å²) in [4.78, 5) is 2.61. The van der Waals surface area contributed by atoms with Crippen LogP contribution in [0.4, 0.5) is 0 Å². The van der Waals surface area contributed by atoms with E-state index in [9.17, 15) is 0 Å². The van der Waals surface area contributed by atoms with Crippen LogP contribution in [0.1, 0.15) is 16.7 Å². The van der Waals surface area contributed by atoms with Gasteiger partial charge in [0.2, 0.25) is 0 Å². The van der Waals surface area contributed by atoms with Crippen LogP contribution in [0, 0.1) is 13.8 Å². The maximum atomic E-state index is 5.55. The van der Waals surface area contributed by atoms with Crippen LogP contribution in [-0.4, -0.2) is 6.54 Å². The maximum Gasteiger partial charge on any atom is 0.0151 e. The molecule has 2 aromatic carbocycles. The molecule has 0 aromatic heterocycles. The summed E-state index contributed by atoms with van der Waals surface area (Å²) in [5.74, 6) is 0. The average molecular weight is 257 g/mol. The Morgan fingerprint density at radius 3 is 2.33 bits per heavy atom. The van der Waals surface area contributed by atoms with Gasteiger partial charge in [0.25, 0.3) is 0 Å². The van der Waals surface area contributed by atoms with E-state index < -0.39 is 0 Å². The van der Waals surface area contributed by atoms with Gasteiger partial charge in [-0.2, -0.15) is 0 Å². The monoisotopic (exact) mass is 257 g/mol. The number of aryl methyl sites for hydroxylation is 2. The molecule has 0 fully saturated rings. The third-order valence-corrected chi connectivity index (χ3v) is 4.10. The summed E-state index contributed by atoms with van der Waals surface area (Å²) in [7, 11) is 0. The molecule has 0 amide bonds. The minimum Gasteiger partial charge on any atom is -0.330 e. The van der Waals surface area contributed by atoms with Crippen molar-refractivity contribution in [1.82, 2.24) is 0 Å². The zero-order valence-electron chi connectivity index (χ0n) is 10.9. The number of benzene rings is 2. The molecule has 0 heterocycles. The first-order valence-electron chi connectivity index (χ1n) is 6.23. The topological polar surface area (TPSA) is 26.0 Å². The Kier molecular flexibility index (Phi) is 4.45. The molecule has 0 atom stereocenters. The van der Waals surface area contributed by atoms with Crippen molar-refractivity contribution in [2.75, 3.05) is 6.54 Å². The van der Waals surface area contributed by atoms with E-state index >= 15 is 0 Å². The Balaban J connectivity index is 2.13. The lowest BCUT2D eigenvalue weighted by molar-refractivity contribution is 0.966. The van der Waals surface area contributed by atoms with Gasteiger partial charge >= 0.3 is 0 Å². The molecule has 1 nitrogen and oxygen atoms in total. The molecule has 0 bridgehead atoms. The van der Waals surface area contributed by atoms with Crippen molar-refractivity contribution < 1.29 is 0 Å². The van der Waals surface area contributed by atoms with E-state index in [-0.39, 0.29) is 0 Å². The van der Waals surface area contributed by atoms with Crippen LogP contribution in [0.3, 0.4) is 0 Å². The van der Waals surface area contributed by atoms with E-state index in [4.69, 9.17) is 5.73 Å². The fourth-order valence-corrected chi connectivity index (χ4v) is 2.81. The Morgan fingerprint density at radius 2 is 1.72 bits per heavy atom. The van der Waals surface area contributed by atoms with Crippen LogP contribution >= 0.6 is 11.8 Å². The first-order valence-corrected chi connectivity index (χ1v) is 7.05. The lowest BCUT2D eigenvalue weighted by Gasteiger charge is -2.07. The van der Waals surface area contributed by atoms with Gasteiger partial charge in [0.1, 0.15) is 0 Å². The van der Waals surface area contributed by atoms with Gasteiger partial charge in [-0.3, -0.25) is 0 Å². The van der Waals surface area contributed by atoms with Crippen LogP contribution in [-0.2, 0) is 6.42 Å². The molecule has 2 heteroatoms. The minimum absolute atomic E-state index is 0.712. The number of nitrogens with two attached hydrogens (primary N) is 1. The van der Waals surface area contributed by atoms with Crippen molar-refractivity contribution in [2.24, 2.45) is 5.73 Å². The predicted molar refractivity (Wildman–Crippen MR) is 79.2 cm³/mol. The summed E-state index contributed by atoms with van der Waals surface area (Å²) in [5, 5.41) is 0. The average Bonchev–Trinajstić information content (AvgIpc) is 2.35. The van der Waals surface area contributed by atoms with E-state index in [1.807, 2.05) is 11.8 Å². The largest absolute Gasteiger partial charge is 0.330 e. The van der Waals surface area contributed by atoms with Gasteiger partial charge in [0.05, 0.1) is 0 Å². The third kappa shape index (κ3) is 3.37. The lowest BCUT2D eigenvalue weighted by Crippen LogP contribution is -2.02. The van der Waals surface area contributed by atoms with Gasteiger partial charge in [0, 0.05) is 9.79 Å². The molecule has 18 heavy (non-hydrogen) atoms. The van der Waals surface area contributed by atoms with Gasteiger partial charge in [0.15, 0.2) is 0 Å². The van der Waals surface area contributed by atoms with Crippen molar-refractivity contribution in [3.8, 4) is 0 Å². The molecule has 0 aliphatic carbocycles. The van der Waals surface area contributed by atoms with Crippen LogP contribution in [0.15, 0.2) is 52.3 Å². The first-order chi connectivity index (χ1) is 8.69. The molecule has 0 aliphatic rings. The smallest absolute Gasteiger partial charge is 0.0151 e. The van der Waals surface area contributed by atoms with Gasteiger partial charge in [-0.15, -0.1) is 0 Å². The Hall–Kier alpha value is -1.25. The van der Waals surface area contributed by atoms with E-state index in [0.29, 0.717) is 6.54 Å². The molecular formula is C16H19NS. The fraction of sp³-hybridized carbons (Fsp3) is 0.250. The van der Waals surface area contributed by atoms with Crippen LogP contribution < -0.4 is 5.73 Å². The number of rotatable bonds is 4. The van der Waals surface area contributed by atoms with Crippen molar-refractivity contribution in [3.05, 3.63) is 59.2 Å². The molecule has 0 saturated carbocycles. The second-order valence-electron chi connectivity index (χ2n) is 4.55. The molecule has 0 unspecified atom stereocenters. The van der Waals surface area contributed by atoms with Gasteiger partial charge in [-0.1, -0.05) is 41.6 Å². The van der Waals surface area contributed by atoms with Gasteiger partial charge in [-0.05, 0) is 56.1 Å². The van der Waals surface area contributed by atoms with Crippen molar-refractivity contribution in [3.63, 3.8) is 0 Å². The predicted octanol–water partition coefficient (Wildman–Crippen LogP) is 3.96. The molecule has 0 spiro atoms. The molecule has 94 valence electrons. The highest BCUT2D eigenvalue weighted by molar-refractivity contribution is 7.99. The maximum absolute atomic E-state index is 5.55. The van der Waals surface area contributed by atoms with Gasteiger partial charge < -0.3 is 5.73 Å². The van der Waals surface area contributed by atoms with E-state index in [1.165, 1.54) is 26.5 Å². The summed E-state index contributed by atoms with van der Waals surface area (Å²) in [5.41, 5.74) is 9.51. The number of hydrogen-bond acceptors (Lipinski definition) is 2. The highest BCUT2D eigenvalue weighted by atomic mass is 32.2. The highest BCUT2D eigenvalue weighted by Crippen LogP contribution is 2.30. The van der Waals surface area contributed by atoms with E-state index in [1.54, 1.807) is 0 Å². The molecule has 2 rings (SSSR count). The standard InChI is InChI=1S/C16H19NS/c1-12-3-8-16(13(2)11-12)18-15-6-4-14(5-7-15)9-10-17/h3-8,11H,9-10,17H2,1-2H3. The quantitative estimate of drug-likeness (QED) is 0.897. The van der Waals surface area contributed by atoms with Crippen LogP contribution in [0.25, 0.3) is 0 Å². The summed E-state index contributed by atoms with van der Waals surface area (Å²) in [6, 6.07) is 15.3. The SMILES string of the molecule is Cc1ccc(Sc2ccc(CCN)cc2)c(C)c1. The molecule has 0 radical (unpaired) electrons.